The molecule has 0 saturated heterocycles. The van der Waals surface area contributed by atoms with E-state index >= 15 is 0 Å². The minimum Gasteiger partial charge on any atom is -0.396 e. The molecular weight excluding hydrogens is 284 g/mol. The predicted octanol–water partition coefficient (Wildman–Crippen LogP) is 2.39. The molecule has 3 N–H and O–H groups in total. The molecule has 19 heavy (non-hydrogen) atoms. The number of anilines is 2. The summed E-state index contributed by atoms with van der Waals surface area (Å²) in [4.78, 5) is 11.8. The zero-order valence-corrected chi connectivity index (χ0v) is 13.4. The average Bonchev–Trinajstić information content (AvgIpc) is 2.54. The average molecular weight is 304 g/mol. The summed E-state index contributed by atoms with van der Waals surface area (Å²) in [5, 5.41) is 3.59. The zero-order chi connectivity index (χ0) is 15.0. The number of hydrogen-bond donors (Lipinski definition) is 2. The van der Waals surface area contributed by atoms with Crippen molar-refractivity contribution < 1.29 is 13.2 Å². The third kappa shape index (κ3) is 3.48. The fourth-order valence-corrected chi connectivity index (χ4v) is 4.08. The van der Waals surface area contributed by atoms with Crippen molar-refractivity contribution in [2.45, 2.75) is 38.6 Å². The Kier molecular flexibility index (Phi) is 4.63. The van der Waals surface area contributed by atoms with Crippen LogP contribution in [0.3, 0.4) is 0 Å². The van der Waals surface area contributed by atoms with Gasteiger partial charge in [0.1, 0.15) is 9.90 Å². The van der Waals surface area contributed by atoms with Crippen LogP contribution >= 0.6 is 11.3 Å². The highest BCUT2D eigenvalue weighted by molar-refractivity contribution is 7.91. The van der Waals surface area contributed by atoms with Crippen LogP contribution in [0.25, 0.3) is 0 Å². The highest BCUT2D eigenvalue weighted by Crippen LogP contribution is 2.40. The van der Waals surface area contributed by atoms with Gasteiger partial charge in [-0.15, -0.1) is 11.3 Å². The lowest BCUT2D eigenvalue weighted by molar-refractivity contribution is 0.102. The molecule has 0 aromatic carbocycles. The molecule has 1 heterocycles. The topological polar surface area (TPSA) is 89.3 Å². The van der Waals surface area contributed by atoms with Crippen molar-refractivity contribution in [3.8, 4) is 0 Å². The molecule has 0 aliphatic heterocycles. The summed E-state index contributed by atoms with van der Waals surface area (Å²) in [5.74, 6) is 0.106. The maximum atomic E-state index is 11.8. The van der Waals surface area contributed by atoms with E-state index in [0.29, 0.717) is 15.8 Å². The zero-order valence-electron chi connectivity index (χ0n) is 11.8. The summed E-state index contributed by atoms with van der Waals surface area (Å²) >= 11 is 1.10. The molecule has 1 aromatic rings. The third-order valence-electron chi connectivity index (χ3n) is 2.95. The van der Waals surface area contributed by atoms with Crippen molar-refractivity contribution in [3.05, 3.63) is 4.88 Å². The van der Waals surface area contributed by atoms with Crippen molar-refractivity contribution in [2.24, 2.45) is 5.92 Å². The van der Waals surface area contributed by atoms with Gasteiger partial charge in [-0.25, -0.2) is 8.42 Å². The molecule has 0 radical (unpaired) electrons. The molecule has 0 bridgehead atoms. The van der Waals surface area contributed by atoms with E-state index in [2.05, 4.69) is 5.32 Å². The fourth-order valence-electron chi connectivity index (χ4n) is 1.53. The number of Topliss-reactive ketones (excluding diaryl/α,β-unsaturated/α-hetero) is 1. The van der Waals surface area contributed by atoms with E-state index in [4.69, 9.17) is 5.73 Å². The SMILES string of the molecule is CC(=O)c1sc(NC(C)C(C)C)c(S(C)(=O)=O)c1N. The Bertz CT molecular complexity index is 588. The summed E-state index contributed by atoms with van der Waals surface area (Å²) in [6.45, 7) is 7.39. The van der Waals surface area contributed by atoms with Gasteiger partial charge in [-0.2, -0.15) is 0 Å². The van der Waals surface area contributed by atoms with E-state index in [1.165, 1.54) is 6.92 Å². The first kappa shape index (κ1) is 16.0. The van der Waals surface area contributed by atoms with Crippen LogP contribution in [0.4, 0.5) is 10.7 Å². The first-order valence-corrected chi connectivity index (χ1v) is 8.66. The van der Waals surface area contributed by atoms with E-state index in [1.54, 1.807) is 0 Å². The van der Waals surface area contributed by atoms with Crippen LogP contribution in [0, 0.1) is 5.92 Å². The van der Waals surface area contributed by atoms with Crippen molar-refractivity contribution in [1.82, 2.24) is 0 Å². The van der Waals surface area contributed by atoms with Gasteiger partial charge in [0.25, 0.3) is 0 Å². The van der Waals surface area contributed by atoms with Gasteiger partial charge >= 0.3 is 0 Å². The number of sulfone groups is 1. The summed E-state index contributed by atoms with van der Waals surface area (Å²) in [7, 11) is -3.48. The molecule has 0 aliphatic rings. The number of ketones is 1. The minimum atomic E-state index is -3.48. The predicted molar refractivity (Wildman–Crippen MR) is 79.8 cm³/mol. The van der Waals surface area contributed by atoms with Crippen molar-refractivity contribution in [3.63, 3.8) is 0 Å². The normalized spacial score (nSPS) is 13.6. The Morgan fingerprint density at radius 1 is 1.32 bits per heavy atom. The number of carbonyl (C=O) groups excluding carboxylic acids is 1. The molecule has 0 aliphatic carbocycles. The smallest absolute Gasteiger partial charge is 0.180 e. The summed E-state index contributed by atoms with van der Waals surface area (Å²) in [6, 6.07) is 0.0818. The van der Waals surface area contributed by atoms with Gasteiger partial charge in [-0.3, -0.25) is 4.79 Å². The fraction of sp³-hybridized carbons (Fsp3) is 0.583. The van der Waals surface area contributed by atoms with E-state index in [1.807, 2.05) is 20.8 Å². The molecule has 5 nitrogen and oxygen atoms in total. The van der Waals surface area contributed by atoms with Crippen molar-refractivity contribution in [2.75, 3.05) is 17.3 Å². The van der Waals surface area contributed by atoms with E-state index in [-0.39, 0.29) is 22.4 Å². The standard InChI is InChI=1S/C12H20N2O3S2/c1-6(2)7(3)14-12-11(19(5,16)17)9(13)10(18-12)8(4)15/h6-7,14H,13H2,1-5H3. The number of nitrogens with one attached hydrogen (secondary N) is 1. The molecule has 0 fully saturated rings. The van der Waals surface area contributed by atoms with Crippen LogP contribution in [-0.4, -0.2) is 26.5 Å². The lowest BCUT2D eigenvalue weighted by atomic mass is 10.1. The molecule has 108 valence electrons. The molecule has 0 amide bonds. The lowest BCUT2D eigenvalue weighted by Gasteiger charge is -2.18. The Labute approximate surface area is 118 Å². The second-order valence-electron chi connectivity index (χ2n) is 5.01. The molecule has 1 rings (SSSR count). The second kappa shape index (κ2) is 5.50. The molecule has 1 atom stereocenters. The van der Waals surface area contributed by atoms with Gasteiger partial charge in [0.15, 0.2) is 15.6 Å². The van der Waals surface area contributed by atoms with Gasteiger partial charge < -0.3 is 11.1 Å². The quantitative estimate of drug-likeness (QED) is 0.815. The van der Waals surface area contributed by atoms with Crippen LogP contribution in [0.15, 0.2) is 4.90 Å². The van der Waals surface area contributed by atoms with Gasteiger partial charge in [-0.05, 0) is 12.8 Å². The maximum absolute atomic E-state index is 11.8. The highest BCUT2D eigenvalue weighted by atomic mass is 32.2. The van der Waals surface area contributed by atoms with Crippen LogP contribution < -0.4 is 11.1 Å². The van der Waals surface area contributed by atoms with Crippen molar-refractivity contribution in [1.29, 1.82) is 0 Å². The number of carbonyl (C=O) groups is 1. The number of thiophene rings is 1. The monoisotopic (exact) mass is 304 g/mol. The Morgan fingerprint density at radius 2 is 1.84 bits per heavy atom. The van der Waals surface area contributed by atoms with E-state index in [9.17, 15) is 13.2 Å². The van der Waals surface area contributed by atoms with Gasteiger partial charge in [0.2, 0.25) is 0 Å². The highest BCUT2D eigenvalue weighted by Gasteiger charge is 2.26. The van der Waals surface area contributed by atoms with Gasteiger partial charge in [-0.1, -0.05) is 13.8 Å². The molecular formula is C12H20N2O3S2. The molecule has 7 heteroatoms. The Balaban J connectivity index is 3.38. The number of nitrogens with two attached hydrogens (primary N) is 1. The second-order valence-corrected chi connectivity index (χ2v) is 7.98. The van der Waals surface area contributed by atoms with Gasteiger partial charge in [0.05, 0.1) is 10.6 Å². The number of nitrogen functional groups attached to an aromatic ring is 1. The largest absolute Gasteiger partial charge is 0.396 e. The maximum Gasteiger partial charge on any atom is 0.180 e. The van der Waals surface area contributed by atoms with E-state index in [0.717, 1.165) is 17.6 Å². The van der Waals surface area contributed by atoms with Crippen LogP contribution in [0.5, 0.6) is 0 Å². The Hall–Kier alpha value is -1.08. The third-order valence-corrected chi connectivity index (χ3v) is 5.48. The van der Waals surface area contributed by atoms with Gasteiger partial charge in [0, 0.05) is 19.2 Å². The van der Waals surface area contributed by atoms with Crippen LogP contribution in [-0.2, 0) is 9.84 Å². The summed E-state index contributed by atoms with van der Waals surface area (Å²) in [6.07, 6.45) is 1.10. The van der Waals surface area contributed by atoms with Crippen LogP contribution in [0.2, 0.25) is 0 Å². The molecule has 0 spiro atoms. The minimum absolute atomic E-state index is 0.0372. The molecule has 1 unspecified atom stereocenters. The summed E-state index contributed by atoms with van der Waals surface area (Å²) in [5.41, 5.74) is 5.87. The lowest BCUT2D eigenvalue weighted by Crippen LogP contribution is -2.21. The first-order valence-electron chi connectivity index (χ1n) is 5.95. The molecule has 1 aromatic heterocycles. The number of hydrogen-bond acceptors (Lipinski definition) is 6. The summed E-state index contributed by atoms with van der Waals surface area (Å²) < 4.78 is 23.7. The Morgan fingerprint density at radius 3 is 2.21 bits per heavy atom. The van der Waals surface area contributed by atoms with Crippen molar-refractivity contribution >= 4 is 37.6 Å². The van der Waals surface area contributed by atoms with E-state index < -0.39 is 9.84 Å². The number of rotatable bonds is 5. The van der Waals surface area contributed by atoms with Crippen LogP contribution in [0.1, 0.15) is 37.4 Å². The molecule has 0 saturated carbocycles. The first-order chi connectivity index (χ1) is 8.55.